The third-order valence-corrected chi connectivity index (χ3v) is 4.26. The lowest BCUT2D eigenvalue weighted by atomic mass is 10.0. The van der Waals surface area contributed by atoms with E-state index in [4.69, 9.17) is 4.42 Å². The highest BCUT2D eigenvalue weighted by Gasteiger charge is 2.24. The van der Waals surface area contributed by atoms with Crippen molar-refractivity contribution in [2.24, 2.45) is 0 Å². The van der Waals surface area contributed by atoms with Crippen molar-refractivity contribution >= 4 is 17.4 Å². The van der Waals surface area contributed by atoms with E-state index in [0.717, 1.165) is 24.3 Å². The minimum Gasteiger partial charge on any atom is -0.467 e. The summed E-state index contributed by atoms with van der Waals surface area (Å²) in [4.78, 5) is 14.6. The number of hydrogen-bond donors (Lipinski definition) is 1. The molecule has 6 heteroatoms. The molecule has 3 aromatic rings. The smallest absolute Gasteiger partial charge is 0.278 e. The molecule has 1 N–H and O–H groups in total. The first-order valence-electron chi connectivity index (χ1n) is 8.31. The number of nitrogens with zero attached hydrogens (tertiary/aromatic N) is 3. The fourth-order valence-electron chi connectivity index (χ4n) is 3.01. The van der Waals surface area contributed by atoms with Gasteiger partial charge in [0.2, 0.25) is 0 Å². The Labute approximate surface area is 145 Å². The molecule has 126 valence electrons. The number of carbonyl (C=O) groups excluding carboxylic acids is 1. The van der Waals surface area contributed by atoms with Crippen molar-refractivity contribution in [1.82, 2.24) is 10.2 Å². The van der Waals surface area contributed by atoms with E-state index >= 15 is 0 Å². The van der Waals surface area contributed by atoms with Crippen molar-refractivity contribution in [3.05, 3.63) is 71.8 Å². The van der Waals surface area contributed by atoms with Gasteiger partial charge in [0.15, 0.2) is 5.69 Å². The summed E-state index contributed by atoms with van der Waals surface area (Å²) in [5.41, 5.74) is 2.52. The number of aryl methyl sites for hydroxylation is 1. The average Bonchev–Trinajstić information content (AvgIpc) is 3.19. The van der Waals surface area contributed by atoms with Crippen LogP contribution >= 0.6 is 0 Å². The maximum atomic E-state index is 12.8. The standard InChI is InChI=1S/C19H18N4O2/c24-19(23-11-3-6-14-5-1-2-8-17(14)23)16-9-10-18(22-21-16)20-13-15-7-4-12-25-15/h1-2,4-5,7-10,12H,3,6,11,13H2,(H,20,22). The maximum Gasteiger partial charge on any atom is 0.278 e. The average molecular weight is 334 g/mol. The summed E-state index contributed by atoms with van der Waals surface area (Å²) in [6.45, 7) is 1.23. The van der Waals surface area contributed by atoms with Crippen LogP contribution in [0.3, 0.4) is 0 Å². The maximum absolute atomic E-state index is 12.8. The van der Waals surface area contributed by atoms with Crippen molar-refractivity contribution in [1.29, 1.82) is 0 Å². The highest BCUT2D eigenvalue weighted by atomic mass is 16.3. The van der Waals surface area contributed by atoms with Gasteiger partial charge in [-0.05, 0) is 48.7 Å². The van der Waals surface area contributed by atoms with Crippen LogP contribution in [0.1, 0.15) is 28.2 Å². The van der Waals surface area contributed by atoms with Gasteiger partial charge in [-0.15, -0.1) is 10.2 Å². The highest BCUT2D eigenvalue weighted by Crippen LogP contribution is 2.27. The van der Waals surface area contributed by atoms with Crippen LogP contribution in [0, 0.1) is 0 Å². The number of hydrogen-bond acceptors (Lipinski definition) is 5. The molecule has 0 saturated heterocycles. The zero-order valence-electron chi connectivity index (χ0n) is 13.7. The molecule has 1 aromatic carbocycles. The molecule has 0 atom stereocenters. The van der Waals surface area contributed by atoms with Crippen LogP contribution in [-0.4, -0.2) is 22.6 Å². The Morgan fingerprint density at radius 1 is 1.12 bits per heavy atom. The van der Waals surface area contributed by atoms with Crippen LogP contribution in [0.5, 0.6) is 0 Å². The van der Waals surface area contributed by atoms with E-state index in [2.05, 4.69) is 21.6 Å². The molecule has 4 rings (SSSR count). The summed E-state index contributed by atoms with van der Waals surface area (Å²) in [5, 5.41) is 11.3. The van der Waals surface area contributed by atoms with E-state index in [1.54, 1.807) is 23.3 Å². The number of furan rings is 1. The normalized spacial score (nSPS) is 13.4. The third-order valence-electron chi connectivity index (χ3n) is 4.26. The summed E-state index contributed by atoms with van der Waals surface area (Å²) in [6, 6.07) is 15.2. The van der Waals surface area contributed by atoms with Crippen molar-refractivity contribution in [3.8, 4) is 0 Å². The first kappa shape index (κ1) is 15.4. The van der Waals surface area contributed by atoms with Gasteiger partial charge in [0.05, 0.1) is 12.8 Å². The number of rotatable bonds is 4. The number of para-hydroxylation sites is 1. The molecule has 0 saturated carbocycles. The predicted octanol–water partition coefficient (Wildman–Crippen LogP) is 3.27. The zero-order chi connectivity index (χ0) is 17.1. The Morgan fingerprint density at radius 3 is 2.84 bits per heavy atom. The zero-order valence-corrected chi connectivity index (χ0v) is 13.7. The Kier molecular flexibility index (Phi) is 4.16. The van der Waals surface area contributed by atoms with Crippen LogP contribution in [0.15, 0.2) is 59.2 Å². The van der Waals surface area contributed by atoms with E-state index in [-0.39, 0.29) is 5.91 Å². The molecule has 0 fully saturated rings. The summed E-state index contributed by atoms with van der Waals surface area (Å²) in [7, 11) is 0. The van der Waals surface area contributed by atoms with Crippen LogP contribution in [0.25, 0.3) is 0 Å². The van der Waals surface area contributed by atoms with Crippen LogP contribution in [0.2, 0.25) is 0 Å². The largest absolute Gasteiger partial charge is 0.467 e. The number of benzene rings is 1. The molecule has 0 radical (unpaired) electrons. The molecule has 25 heavy (non-hydrogen) atoms. The second-order valence-electron chi connectivity index (χ2n) is 5.93. The van der Waals surface area contributed by atoms with Gasteiger partial charge in [0.1, 0.15) is 11.6 Å². The summed E-state index contributed by atoms with van der Waals surface area (Å²) in [6.07, 6.45) is 3.58. The van der Waals surface area contributed by atoms with Gasteiger partial charge in [0.25, 0.3) is 5.91 Å². The lowest BCUT2D eigenvalue weighted by Gasteiger charge is -2.29. The molecule has 0 spiro atoms. The highest BCUT2D eigenvalue weighted by molar-refractivity contribution is 6.05. The van der Waals surface area contributed by atoms with Crippen LogP contribution in [0.4, 0.5) is 11.5 Å². The molecule has 1 amide bonds. The SMILES string of the molecule is O=C(c1ccc(NCc2ccco2)nn1)N1CCCc2ccccc21. The van der Waals surface area contributed by atoms with Gasteiger partial charge in [0, 0.05) is 12.2 Å². The summed E-state index contributed by atoms with van der Waals surface area (Å²) in [5.74, 6) is 1.30. The van der Waals surface area contributed by atoms with E-state index < -0.39 is 0 Å². The van der Waals surface area contributed by atoms with Crippen molar-refractivity contribution in [2.45, 2.75) is 19.4 Å². The van der Waals surface area contributed by atoms with Crippen molar-refractivity contribution in [2.75, 3.05) is 16.8 Å². The van der Waals surface area contributed by atoms with Gasteiger partial charge >= 0.3 is 0 Å². The van der Waals surface area contributed by atoms with E-state index in [9.17, 15) is 4.79 Å². The summed E-state index contributed by atoms with van der Waals surface area (Å²) < 4.78 is 5.26. The number of amides is 1. The van der Waals surface area contributed by atoms with Gasteiger partial charge < -0.3 is 14.6 Å². The van der Waals surface area contributed by atoms with Crippen molar-refractivity contribution < 1.29 is 9.21 Å². The van der Waals surface area contributed by atoms with E-state index in [1.165, 1.54) is 5.56 Å². The molecule has 0 aliphatic carbocycles. The van der Waals surface area contributed by atoms with Gasteiger partial charge in [-0.2, -0.15) is 0 Å². The predicted molar refractivity (Wildman–Crippen MR) is 94.5 cm³/mol. The fraction of sp³-hybridized carbons (Fsp3) is 0.211. The van der Waals surface area contributed by atoms with Crippen molar-refractivity contribution in [3.63, 3.8) is 0 Å². The van der Waals surface area contributed by atoms with E-state index in [0.29, 0.717) is 24.6 Å². The minimum atomic E-state index is -0.114. The summed E-state index contributed by atoms with van der Waals surface area (Å²) >= 11 is 0. The van der Waals surface area contributed by atoms with Crippen LogP contribution in [-0.2, 0) is 13.0 Å². The monoisotopic (exact) mass is 334 g/mol. The number of fused-ring (bicyclic) bond motifs is 1. The molecule has 1 aliphatic rings. The fourth-order valence-corrected chi connectivity index (χ4v) is 3.01. The first-order valence-corrected chi connectivity index (χ1v) is 8.31. The number of carbonyl (C=O) groups is 1. The topological polar surface area (TPSA) is 71.3 Å². The Hall–Kier alpha value is -3.15. The lowest BCUT2D eigenvalue weighted by molar-refractivity contribution is 0.0979. The second-order valence-corrected chi connectivity index (χ2v) is 5.93. The molecule has 2 aromatic heterocycles. The third kappa shape index (κ3) is 3.24. The molecule has 0 bridgehead atoms. The quantitative estimate of drug-likeness (QED) is 0.793. The second kappa shape index (κ2) is 6.76. The Balaban J connectivity index is 1.48. The molecule has 1 aliphatic heterocycles. The first-order chi connectivity index (χ1) is 12.3. The molecule has 0 unspecified atom stereocenters. The Morgan fingerprint density at radius 2 is 2.04 bits per heavy atom. The molecule has 6 nitrogen and oxygen atoms in total. The minimum absolute atomic E-state index is 0.114. The van der Waals surface area contributed by atoms with E-state index in [1.807, 2.05) is 30.3 Å². The van der Waals surface area contributed by atoms with Gasteiger partial charge in [-0.25, -0.2) is 0 Å². The molecule has 3 heterocycles. The number of nitrogens with one attached hydrogen (secondary N) is 1. The lowest BCUT2D eigenvalue weighted by Crippen LogP contribution is -2.36. The Bertz CT molecular complexity index is 859. The van der Waals surface area contributed by atoms with Gasteiger partial charge in [-0.3, -0.25) is 4.79 Å². The number of anilines is 2. The molecular weight excluding hydrogens is 316 g/mol. The van der Waals surface area contributed by atoms with Gasteiger partial charge in [-0.1, -0.05) is 18.2 Å². The van der Waals surface area contributed by atoms with Crippen LogP contribution < -0.4 is 10.2 Å². The number of aromatic nitrogens is 2. The molecular formula is C19H18N4O2.